The van der Waals surface area contributed by atoms with Crippen LogP contribution in [0, 0.1) is 15.9 Å². The zero-order valence-electron chi connectivity index (χ0n) is 16.7. The second-order valence-corrected chi connectivity index (χ2v) is 9.84. The number of amides is 2. The minimum atomic E-state index is -1.04. The van der Waals surface area contributed by atoms with Crippen molar-refractivity contribution in [2.45, 2.75) is 24.8 Å². The molecular weight excluding hydrogens is 481 g/mol. The fraction of sp³-hybridized carbons (Fsp3) is 0.211. The average Bonchev–Trinajstić information content (AvgIpc) is 2.95. The number of hydrazone groups is 1. The van der Waals surface area contributed by atoms with Crippen LogP contribution in [0.5, 0.6) is 0 Å². The summed E-state index contributed by atoms with van der Waals surface area (Å²) in [4.78, 5) is 22.9. The third-order valence-electron chi connectivity index (χ3n) is 4.47. The monoisotopic (exact) mass is 497 g/mol. The van der Waals surface area contributed by atoms with Crippen LogP contribution in [0.15, 0.2) is 47.6 Å². The minimum absolute atomic E-state index is 0.0326. The summed E-state index contributed by atoms with van der Waals surface area (Å²) in [5, 5.41) is 29.9. The summed E-state index contributed by atoms with van der Waals surface area (Å²) in [6, 6.07) is 8.37. The number of nitro groups is 1. The lowest BCUT2D eigenvalue weighted by molar-refractivity contribution is -0.384. The number of nitro benzene ring substituents is 1. The molecule has 1 atom stereocenters. The lowest BCUT2D eigenvalue weighted by atomic mass is 10.1. The lowest BCUT2D eigenvalue weighted by Crippen LogP contribution is -2.54. The molecular formula is C19H17ClFN5O4S2. The number of non-ortho nitro benzene ring substituents is 1. The number of anilines is 1. The number of thioether (sulfide) groups is 1. The number of thiocarbonyl (C=S) groups is 1. The number of nitrogens with zero attached hydrogens (tertiary/aromatic N) is 4. The summed E-state index contributed by atoms with van der Waals surface area (Å²) >= 11 is 12.6. The molecule has 1 fully saturated rings. The Morgan fingerprint density at radius 3 is 2.66 bits per heavy atom. The van der Waals surface area contributed by atoms with Gasteiger partial charge in [0.2, 0.25) is 0 Å². The van der Waals surface area contributed by atoms with Crippen LogP contribution < -0.4 is 5.32 Å². The number of rotatable bonds is 5. The maximum Gasteiger partial charge on any atom is 0.347 e. The van der Waals surface area contributed by atoms with Crippen molar-refractivity contribution >= 4 is 63.5 Å². The molecule has 1 heterocycles. The summed E-state index contributed by atoms with van der Waals surface area (Å²) in [6.07, 6.45) is 0.126. The number of urea groups is 1. The molecule has 2 aromatic rings. The second-order valence-electron chi connectivity index (χ2n) is 7.15. The first-order valence-electron chi connectivity index (χ1n) is 9.05. The fourth-order valence-electron chi connectivity index (χ4n) is 2.94. The molecule has 9 nitrogen and oxygen atoms in total. The Labute approximate surface area is 196 Å². The molecule has 2 amide bonds. The Kier molecular flexibility index (Phi) is 6.98. The normalized spacial score (nSPS) is 17.6. The van der Waals surface area contributed by atoms with Crippen molar-refractivity contribution in [1.82, 2.24) is 10.1 Å². The molecule has 1 aliphatic heterocycles. The first-order chi connectivity index (χ1) is 15.0. The van der Waals surface area contributed by atoms with Crippen molar-refractivity contribution in [3.63, 3.8) is 0 Å². The van der Waals surface area contributed by atoms with E-state index in [0.717, 1.165) is 0 Å². The van der Waals surface area contributed by atoms with Crippen LogP contribution in [-0.4, -0.2) is 47.7 Å². The molecule has 32 heavy (non-hydrogen) atoms. The van der Waals surface area contributed by atoms with Crippen LogP contribution in [0.1, 0.15) is 19.4 Å². The van der Waals surface area contributed by atoms with Gasteiger partial charge in [-0.15, -0.1) is 0 Å². The smallest absolute Gasteiger partial charge is 0.306 e. The molecule has 3 rings (SSSR count). The SMILES string of the molecule is CC1(C)SC(=S)N(N=Cc2c(F)cccc2Cl)C1N(O)C(=O)Nc1ccc([N+](=O)[O-])cc1. The van der Waals surface area contributed by atoms with Gasteiger partial charge in [0.15, 0.2) is 10.5 Å². The largest absolute Gasteiger partial charge is 0.347 e. The number of carbonyl (C=O) groups excluding carboxylic acids is 1. The van der Waals surface area contributed by atoms with Crippen molar-refractivity contribution in [3.8, 4) is 0 Å². The van der Waals surface area contributed by atoms with E-state index in [0.29, 0.717) is 5.06 Å². The molecule has 13 heteroatoms. The Morgan fingerprint density at radius 1 is 1.41 bits per heavy atom. The number of carbonyl (C=O) groups is 1. The number of hydrogen-bond donors (Lipinski definition) is 2. The van der Waals surface area contributed by atoms with E-state index in [1.807, 2.05) is 0 Å². The van der Waals surface area contributed by atoms with Crippen molar-refractivity contribution < 1.29 is 19.3 Å². The molecule has 0 radical (unpaired) electrons. The van der Waals surface area contributed by atoms with Crippen LogP contribution >= 0.6 is 35.6 Å². The number of hydroxylamine groups is 2. The van der Waals surface area contributed by atoms with E-state index in [4.69, 9.17) is 23.8 Å². The van der Waals surface area contributed by atoms with Gasteiger partial charge in [0.25, 0.3) is 5.69 Å². The number of hydrogen-bond acceptors (Lipinski definition) is 7. The van der Waals surface area contributed by atoms with E-state index in [9.17, 15) is 24.5 Å². The highest BCUT2D eigenvalue weighted by Gasteiger charge is 2.50. The second kappa shape index (κ2) is 9.36. The molecule has 1 aliphatic rings. The Hall–Kier alpha value is -2.80. The Morgan fingerprint density at radius 2 is 2.06 bits per heavy atom. The predicted octanol–water partition coefficient (Wildman–Crippen LogP) is 5.08. The third kappa shape index (κ3) is 4.99. The van der Waals surface area contributed by atoms with Crippen LogP contribution in [0.2, 0.25) is 5.02 Å². The van der Waals surface area contributed by atoms with Gasteiger partial charge in [0, 0.05) is 23.4 Å². The van der Waals surface area contributed by atoms with E-state index in [2.05, 4.69) is 10.4 Å². The van der Waals surface area contributed by atoms with Crippen molar-refractivity contribution in [3.05, 3.63) is 69.0 Å². The summed E-state index contributed by atoms with van der Waals surface area (Å²) in [6.45, 7) is 3.51. The summed E-state index contributed by atoms with van der Waals surface area (Å²) in [7, 11) is 0. The van der Waals surface area contributed by atoms with Gasteiger partial charge in [-0.1, -0.05) is 41.6 Å². The van der Waals surface area contributed by atoms with Gasteiger partial charge >= 0.3 is 6.03 Å². The zero-order chi connectivity index (χ0) is 23.6. The molecule has 0 aliphatic carbocycles. The Bertz CT molecular complexity index is 1080. The van der Waals surface area contributed by atoms with Crippen molar-refractivity contribution in [1.29, 1.82) is 0 Å². The summed E-state index contributed by atoms with van der Waals surface area (Å²) in [5.74, 6) is -0.591. The molecule has 0 aromatic heterocycles. The van der Waals surface area contributed by atoms with E-state index >= 15 is 0 Å². The van der Waals surface area contributed by atoms with Crippen LogP contribution in [0.25, 0.3) is 0 Å². The van der Waals surface area contributed by atoms with E-state index < -0.39 is 27.7 Å². The quantitative estimate of drug-likeness (QED) is 0.195. The van der Waals surface area contributed by atoms with Crippen molar-refractivity contribution in [2.75, 3.05) is 5.32 Å². The Balaban J connectivity index is 1.83. The maximum absolute atomic E-state index is 14.1. The van der Waals surface area contributed by atoms with E-state index in [1.165, 1.54) is 65.4 Å². The maximum atomic E-state index is 14.1. The fourth-order valence-corrected chi connectivity index (χ4v) is 4.94. The highest BCUT2D eigenvalue weighted by atomic mass is 35.5. The molecule has 1 saturated heterocycles. The number of benzene rings is 2. The number of halogens is 2. The predicted molar refractivity (Wildman–Crippen MR) is 125 cm³/mol. The molecule has 0 bridgehead atoms. The highest BCUT2D eigenvalue weighted by Crippen LogP contribution is 2.42. The van der Waals surface area contributed by atoms with Gasteiger partial charge in [-0.3, -0.25) is 15.3 Å². The van der Waals surface area contributed by atoms with Gasteiger partial charge in [0.1, 0.15) is 5.82 Å². The summed E-state index contributed by atoms with van der Waals surface area (Å²) < 4.78 is 13.6. The lowest BCUT2D eigenvalue weighted by Gasteiger charge is -2.34. The molecule has 0 saturated carbocycles. The molecule has 0 spiro atoms. The van der Waals surface area contributed by atoms with E-state index in [-0.39, 0.29) is 26.3 Å². The van der Waals surface area contributed by atoms with Gasteiger partial charge in [0.05, 0.1) is 20.9 Å². The standard InChI is InChI=1S/C19H17ClFN5O4S2/c1-19(2)16(25(28)17(27)23-11-6-8-12(9-7-11)26(29)30)24(18(31)32-19)22-10-13-14(20)4-3-5-15(13)21/h3-10,16,28H,1-2H3,(H,23,27). The zero-order valence-corrected chi connectivity index (χ0v) is 19.1. The topological polar surface area (TPSA) is 111 Å². The van der Waals surface area contributed by atoms with Crippen LogP contribution in [0.3, 0.4) is 0 Å². The first-order valence-corrected chi connectivity index (χ1v) is 10.7. The molecule has 2 aromatic carbocycles. The van der Waals surface area contributed by atoms with Gasteiger partial charge in [-0.2, -0.15) is 10.2 Å². The summed E-state index contributed by atoms with van der Waals surface area (Å²) in [5.41, 5.74) is 0.124. The highest BCUT2D eigenvalue weighted by molar-refractivity contribution is 8.24. The molecule has 1 unspecified atom stereocenters. The number of nitrogens with one attached hydrogen (secondary N) is 1. The first kappa shape index (κ1) is 23.9. The molecule has 2 N–H and O–H groups in total. The van der Waals surface area contributed by atoms with Crippen molar-refractivity contribution in [2.24, 2.45) is 5.10 Å². The van der Waals surface area contributed by atoms with Gasteiger partial charge < -0.3 is 5.32 Å². The minimum Gasteiger partial charge on any atom is -0.306 e. The van der Waals surface area contributed by atoms with Gasteiger partial charge in [-0.05, 0) is 38.1 Å². The van der Waals surface area contributed by atoms with Gasteiger partial charge in [-0.25, -0.2) is 14.2 Å². The van der Waals surface area contributed by atoms with E-state index in [1.54, 1.807) is 13.8 Å². The average molecular weight is 498 g/mol. The third-order valence-corrected chi connectivity index (χ3v) is 6.34. The molecule has 168 valence electrons. The van der Waals surface area contributed by atoms with Crippen LogP contribution in [0.4, 0.5) is 20.6 Å². The van der Waals surface area contributed by atoms with Crippen LogP contribution in [-0.2, 0) is 0 Å².